The summed E-state index contributed by atoms with van der Waals surface area (Å²) in [5.74, 6) is -1.07. The molecule has 0 radical (unpaired) electrons. The third kappa shape index (κ3) is 5.68. The zero-order valence-corrected chi connectivity index (χ0v) is 16.8. The summed E-state index contributed by atoms with van der Waals surface area (Å²) in [5.41, 5.74) is 5.79. The lowest BCUT2D eigenvalue weighted by molar-refractivity contribution is -0.120. The Labute approximate surface area is 174 Å². The van der Waals surface area contributed by atoms with Crippen molar-refractivity contribution < 1.29 is 23.5 Å². The minimum absolute atomic E-state index is 0.159. The van der Waals surface area contributed by atoms with Crippen LogP contribution in [0.4, 0.5) is 10.1 Å². The lowest BCUT2D eigenvalue weighted by Crippen LogP contribution is -2.20. The van der Waals surface area contributed by atoms with Crippen LogP contribution in [0.3, 0.4) is 0 Å². The first kappa shape index (κ1) is 21.2. The van der Waals surface area contributed by atoms with Crippen LogP contribution in [0.5, 0.6) is 11.5 Å². The SMILES string of the molecule is COc1cc(/C=C(\C#N)C(=O)Nc2ccc(F)cc2)cc(I)c1OCC(N)=O. The van der Waals surface area contributed by atoms with Crippen molar-refractivity contribution in [3.8, 4) is 17.6 Å². The van der Waals surface area contributed by atoms with Crippen molar-refractivity contribution in [1.82, 2.24) is 0 Å². The number of rotatable bonds is 7. The Bertz CT molecular complexity index is 968. The molecule has 7 nitrogen and oxygen atoms in total. The molecule has 28 heavy (non-hydrogen) atoms. The second-order valence-corrected chi connectivity index (χ2v) is 6.58. The van der Waals surface area contributed by atoms with Crippen LogP contribution in [0.15, 0.2) is 42.0 Å². The number of methoxy groups -OCH3 is 1. The highest BCUT2D eigenvalue weighted by molar-refractivity contribution is 14.1. The molecule has 144 valence electrons. The summed E-state index contributed by atoms with van der Waals surface area (Å²) in [5, 5.41) is 11.8. The first-order valence-corrected chi connectivity index (χ1v) is 8.89. The molecule has 2 rings (SSSR count). The van der Waals surface area contributed by atoms with Crippen LogP contribution in [0.25, 0.3) is 6.08 Å². The van der Waals surface area contributed by atoms with Crippen LogP contribution in [-0.2, 0) is 9.59 Å². The molecule has 0 aliphatic heterocycles. The van der Waals surface area contributed by atoms with Gasteiger partial charge < -0.3 is 20.5 Å². The van der Waals surface area contributed by atoms with E-state index in [4.69, 9.17) is 15.2 Å². The summed E-state index contributed by atoms with van der Waals surface area (Å²) in [6.07, 6.45) is 1.38. The predicted octanol–water partition coefficient (Wildman–Crippen LogP) is 2.85. The predicted molar refractivity (Wildman–Crippen MR) is 109 cm³/mol. The van der Waals surface area contributed by atoms with Gasteiger partial charge in [0.25, 0.3) is 11.8 Å². The maximum Gasteiger partial charge on any atom is 0.266 e. The molecule has 0 bridgehead atoms. The largest absolute Gasteiger partial charge is 0.493 e. The number of carbonyl (C=O) groups is 2. The van der Waals surface area contributed by atoms with Gasteiger partial charge in [-0.3, -0.25) is 9.59 Å². The first-order chi connectivity index (χ1) is 13.3. The maximum absolute atomic E-state index is 13.0. The van der Waals surface area contributed by atoms with E-state index in [1.807, 2.05) is 28.7 Å². The van der Waals surface area contributed by atoms with Gasteiger partial charge in [-0.05, 0) is 70.6 Å². The molecule has 0 saturated heterocycles. The lowest BCUT2D eigenvalue weighted by Gasteiger charge is -2.12. The van der Waals surface area contributed by atoms with Gasteiger partial charge in [0.2, 0.25) is 0 Å². The van der Waals surface area contributed by atoms with Crippen molar-refractivity contribution in [3.63, 3.8) is 0 Å². The Balaban J connectivity index is 2.28. The molecule has 2 aromatic carbocycles. The quantitative estimate of drug-likeness (QED) is 0.349. The number of nitrogens with one attached hydrogen (secondary N) is 1. The zero-order valence-electron chi connectivity index (χ0n) is 14.7. The maximum atomic E-state index is 13.0. The summed E-state index contributed by atoms with van der Waals surface area (Å²) >= 11 is 1.97. The monoisotopic (exact) mass is 495 g/mol. The van der Waals surface area contributed by atoms with E-state index in [-0.39, 0.29) is 12.2 Å². The van der Waals surface area contributed by atoms with Crippen molar-refractivity contribution in [2.24, 2.45) is 5.73 Å². The highest BCUT2D eigenvalue weighted by Crippen LogP contribution is 2.34. The van der Waals surface area contributed by atoms with Crippen LogP contribution in [0.2, 0.25) is 0 Å². The summed E-state index contributed by atoms with van der Waals surface area (Å²) in [6, 6.07) is 10.2. The van der Waals surface area contributed by atoms with Crippen molar-refractivity contribution in [1.29, 1.82) is 5.26 Å². The fourth-order valence-corrected chi connectivity index (χ4v) is 2.93. The van der Waals surface area contributed by atoms with Gasteiger partial charge in [0.05, 0.1) is 10.7 Å². The number of benzene rings is 2. The Morgan fingerprint density at radius 2 is 2.00 bits per heavy atom. The third-order valence-electron chi connectivity index (χ3n) is 3.39. The van der Waals surface area contributed by atoms with Gasteiger partial charge in [-0.25, -0.2) is 4.39 Å². The van der Waals surface area contributed by atoms with Crippen LogP contribution in [0, 0.1) is 20.7 Å². The Kier molecular flexibility index (Phi) is 7.34. The molecule has 0 atom stereocenters. The van der Waals surface area contributed by atoms with Crippen LogP contribution in [-0.4, -0.2) is 25.5 Å². The van der Waals surface area contributed by atoms with Crippen molar-refractivity contribution >= 4 is 46.2 Å². The number of hydrogen-bond acceptors (Lipinski definition) is 5. The van der Waals surface area contributed by atoms with Gasteiger partial charge >= 0.3 is 0 Å². The van der Waals surface area contributed by atoms with Gasteiger partial charge in [-0.2, -0.15) is 5.26 Å². The number of nitriles is 1. The van der Waals surface area contributed by atoms with Gasteiger partial charge in [-0.15, -0.1) is 0 Å². The summed E-state index contributed by atoms with van der Waals surface area (Å²) < 4.78 is 24.1. The topological polar surface area (TPSA) is 114 Å². The van der Waals surface area contributed by atoms with E-state index in [1.54, 1.807) is 12.1 Å². The molecule has 0 aliphatic carbocycles. The molecule has 0 heterocycles. The molecule has 2 amide bonds. The second kappa shape index (κ2) is 9.70. The van der Waals surface area contributed by atoms with E-state index in [1.165, 1.54) is 37.5 Å². The number of hydrogen-bond donors (Lipinski definition) is 2. The third-order valence-corrected chi connectivity index (χ3v) is 4.19. The van der Waals surface area contributed by atoms with Crippen LogP contribution >= 0.6 is 22.6 Å². The number of nitrogens with two attached hydrogens (primary N) is 1. The number of amides is 2. The Hall–Kier alpha value is -3.13. The van der Waals surface area contributed by atoms with E-state index >= 15 is 0 Å². The molecular weight excluding hydrogens is 480 g/mol. The van der Waals surface area contributed by atoms with Gasteiger partial charge in [0, 0.05) is 5.69 Å². The smallest absolute Gasteiger partial charge is 0.266 e. The van der Waals surface area contributed by atoms with E-state index in [0.717, 1.165) is 0 Å². The van der Waals surface area contributed by atoms with E-state index in [0.29, 0.717) is 26.3 Å². The summed E-state index contributed by atoms with van der Waals surface area (Å²) in [4.78, 5) is 23.2. The number of ether oxygens (including phenoxy) is 2. The highest BCUT2D eigenvalue weighted by Gasteiger charge is 2.14. The lowest BCUT2D eigenvalue weighted by atomic mass is 10.1. The van der Waals surface area contributed by atoms with Crippen molar-refractivity contribution in [2.75, 3.05) is 19.0 Å². The molecule has 0 aromatic heterocycles. The minimum atomic E-state index is -0.642. The Morgan fingerprint density at radius 1 is 1.32 bits per heavy atom. The fourth-order valence-electron chi connectivity index (χ4n) is 2.15. The molecule has 0 fully saturated rings. The zero-order chi connectivity index (χ0) is 20.7. The number of primary amides is 1. The molecule has 0 saturated carbocycles. The normalized spacial score (nSPS) is 10.7. The minimum Gasteiger partial charge on any atom is -0.493 e. The molecule has 0 aliphatic rings. The van der Waals surface area contributed by atoms with Crippen molar-refractivity contribution in [2.45, 2.75) is 0 Å². The summed E-state index contributed by atoms with van der Waals surface area (Å²) in [6.45, 7) is -0.314. The molecule has 2 aromatic rings. The van der Waals surface area contributed by atoms with Gasteiger partial charge in [0.15, 0.2) is 18.1 Å². The fraction of sp³-hybridized carbons (Fsp3) is 0.105. The van der Waals surface area contributed by atoms with Crippen LogP contribution < -0.4 is 20.5 Å². The number of anilines is 1. The standard InChI is InChI=1S/C19H15FIN3O4/c1-27-16-8-11(7-15(21)18(16)28-10-17(23)25)6-12(9-22)19(26)24-14-4-2-13(20)3-5-14/h2-8H,10H2,1H3,(H2,23,25)(H,24,26)/b12-6+. The average molecular weight is 495 g/mol. The van der Waals surface area contributed by atoms with E-state index in [2.05, 4.69) is 5.32 Å². The van der Waals surface area contributed by atoms with E-state index in [9.17, 15) is 19.2 Å². The van der Waals surface area contributed by atoms with Crippen LogP contribution in [0.1, 0.15) is 5.56 Å². The number of nitrogens with zero attached hydrogens (tertiary/aromatic N) is 1. The highest BCUT2D eigenvalue weighted by atomic mass is 127. The Morgan fingerprint density at radius 3 is 2.57 bits per heavy atom. The van der Waals surface area contributed by atoms with Crippen molar-refractivity contribution in [3.05, 3.63) is 56.9 Å². The van der Waals surface area contributed by atoms with Gasteiger partial charge in [0.1, 0.15) is 17.5 Å². The number of carbonyl (C=O) groups excluding carboxylic acids is 2. The van der Waals surface area contributed by atoms with Gasteiger partial charge in [-0.1, -0.05) is 0 Å². The molecule has 3 N–H and O–H groups in total. The van der Waals surface area contributed by atoms with E-state index < -0.39 is 17.6 Å². The molecule has 9 heteroatoms. The number of halogens is 2. The molecular formula is C19H15FIN3O4. The summed E-state index contributed by atoms with van der Waals surface area (Å²) in [7, 11) is 1.42. The molecule has 0 spiro atoms. The average Bonchev–Trinajstić information content (AvgIpc) is 2.66. The molecule has 0 unspecified atom stereocenters. The second-order valence-electron chi connectivity index (χ2n) is 5.42. The first-order valence-electron chi connectivity index (χ1n) is 7.81.